The van der Waals surface area contributed by atoms with Gasteiger partial charge in [0.05, 0.1) is 45.5 Å². The lowest BCUT2D eigenvalue weighted by atomic mass is 10.0. The first-order valence-corrected chi connectivity index (χ1v) is 14.4. The lowest BCUT2D eigenvalue weighted by Gasteiger charge is -2.37. The Morgan fingerprint density at radius 2 is 1.95 bits per heavy atom. The van der Waals surface area contributed by atoms with Crippen molar-refractivity contribution in [1.29, 1.82) is 0 Å². The number of benzene rings is 1. The topological polar surface area (TPSA) is 123 Å². The third-order valence-electron chi connectivity index (χ3n) is 7.59. The van der Waals surface area contributed by atoms with Gasteiger partial charge < -0.3 is 19.9 Å². The van der Waals surface area contributed by atoms with Crippen molar-refractivity contribution >= 4 is 34.7 Å². The van der Waals surface area contributed by atoms with E-state index in [1.54, 1.807) is 17.1 Å². The summed E-state index contributed by atoms with van der Waals surface area (Å²) >= 11 is 1.36. The molecule has 1 atom stereocenters. The molecule has 1 aliphatic carbocycles. The maximum atomic E-state index is 13.7. The maximum Gasteiger partial charge on any atom is 0.333 e. The molecule has 2 aliphatic heterocycles. The minimum absolute atomic E-state index is 0.0300. The van der Waals surface area contributed by atoms with Crippen molar-refractivity contribution < 1.29 is 19.1 Å². The molecule has 12 heteroatoms. The SMILES string of the molecule is CN(C)CC1CCCCN1C(=O)c1ccc(-c2n[nH]c3c2C(=O)c2c(NC(=O)NN4CCOCC4)cccc2-3)s1. The Balaban J connectivity index is 1.22. The number of hydrazine groups is 1. The van der Waals surface area contributed by atoms with E-state index < -0.39 is 6.03 Å². The van der Waals surface area contributed by atoms with Gasteiger partial charge in [-0.3, -0.25) is 20.1 Å². The number of thiophene rings is 1. The standard InChI is InChI=1S/C28H33N7O4S/c1-33(2)16-17-6-3-4-11-35(17)27(37)21-10-9-20(40-21)25-23-24(30-31-25)18-7-5-8-19(22(18)26(23)36)29-28(38)32-34-12-14-39-15-13-34/h5,7-10,17H,3-4,6,11-16H2,1-2H3,(H,30,31)(H2,29,32,38). The van der Waals surface area contributed by atoms with Gasteiger partial charge in [-0.1, -0.05) is 12.1 Å². The normalized spacial score (nSPS) is 19.0. The third kappa shape index (κ3) is 5.03. The van der Waals surface area contributed by atoms with Crippen LogP contribution in [0.15, 0.2) is 30.3 Å². The molecule has 6 rings (SSSR count). The lowest BCUT2D eigenvalue weighted by molar-refractivity contribution is 0.0207. The summed E-state index contributed by atoms with van der Waals surface area (Å²) in [6.45, 7) is 3.88. The van der Waals surface area contributed by atoms with E-state index >= 15 is 0 Å². The highest BCUT2D eigenvalue weighted by atomic mass is 32.1. The summed E-state index contributed by atoms with van der Waals surface area (Å²) < 4.78 is 5.32. The number of ether oxygens (including phenoxy) is 1. The smallest absolute Gasteiger partial charge is 0.333 e. The number of hydrogen-bond acceptors (Lipinski definition) is 8. The van der Waals surface area contributed by atoms with E-state index in [0.29, 0.717) is 64.9 Å². The molecule has 40 heavy (non-hydrogen) atoms. The minimum atomic E-state index is -0.413. The van der Waals surface area contributed by atoms with E-state index in [0.717, 1.165) is 37.2 Å². The Hall–Kier alpha value is -3.58. The van der Waals surface area contributed by atoms with Crippen molar-refractivity contribution in [2.75, 3.05) is 58.8 Å². The molecular formula is C28H33N7O4S. The molecule has 2 aromatic heterocycles. The molecule has 11 nitrogen and oxygen atoms in total. The largest absolute Gasteiger partial charge is 0.379 e. The second kappa shape index (κ2) is 11.1. The van der Waals surface area contributed by atoms with E-state index in [1.165, 1.54) is 11.3 Å². The van der Waals surface area contributed by atoms with E-state index in [9.17, 15) is 14.4 Å². The Labute approximate surface area is 236 Å². The van der Waals surface area contributed by atoms with Crippen LogP contribution in [0.25, 0.3) is 21.8 Å². The van der Waals surface area contributed by atoms with Crippen LogP contribution in [-0.2, 0) is 4.74 Å². The number of H-pyrrole nitrogens is 1. The number of carbonyl (C=O) groups is 3. The van der Waals surface area contributed by atoms with Crippen molar-refractivity contribution in [2.45, 2.75) is 25.3 Å². The number of ketones is 1. The van der Waals surface area contributed by atoms with Crippen molar-refractivity contribution in [2.24, 2.45) is 0 Å². The molecule has 0 bridgehead atoms. The van der Waals surface area contributed by atoms with Crippen LogP contribution in [0, 0.1) is 0 Å². The van der Waals surface area contributed by atoms with E-state index in [-0.39, 0.29) is 17.7 Å². The summed E-state index contributed by atoms with van der Waals surface area (Å²) in [4.78, 5) is 45.5. The highest BCUT2D eigenvalue weighted by Gasteiger charge is 2.36. The van der Waals surface area contributed by atoms with Crippen LogP contribution >= 0.6 is 11.3 Å². The zero-order chi connectivity index (χ0) is 27.8. The molecule has 0 radical (unpaired) electrons. The number of fused-ring (bicyclic) bond motifs is 3. The monoisotopic (exact) mass is 563 g/mol. The number of likely N-dealkylation sites (tertiary alicyclic amines) is 1. The first-order chi connectivity index (χ1) is 19.4. The Morgan fingerprint density at radius 1 is 1.12 bits per heavy atom. The van der Waals surface area contributed by atoms with Crippen LogP contribution in [0.5, 0.6) is 0 Å². The van der Waals surface area contributed by atoms with Crippen LogP contribution in [0.1, 0.15) is 44.9 Å². The number of rotatable bonds is 6. The quantitative estimate of drug-likeness (QED) is 0.329. The van der Waals surface area contributed by atoms with Crippen LogP contribution < -0.4 is 10.7 Å². The van der Waals surface area contributed by atoms with Gasteiger partial charge in [-0.25, -0.2) is 9.80 Å². The second-order valence-corrected chi connectivity index (χ2v) is 11.7. The van der Waals surface area contributed by atoms with Gasteiger partial charge in [0.1, 0.15) is 5.69 Å². The fraction of sp³-hybridized carbons (Fsp3) is 0.429. The molecule has 3 aliphatic rings. The molecule has 210 valence electrons. The van der Waals surface area contributed by atoms with Gasteiger partial charge in [0.15, 0.2) is 5.78 Å². The first-order valence-electron chi connectivity index (χ1n) is 13.6. The van der Waals surface area contributed by atoms with E-state index in [4.69, 9.17) is 4.74 Å². The number of anilines is 1. The molecule has 2 fully saturated rings. The molecule has 1 unspecified atom stereocenters. The fourth-order valence-corrected chi connectivity index (χ4v) is 6.70. The molecule has 0 saturated carbocycles. The minimum Gasteiger partial charge on any atom is -0.379 e. The number of nitrogens with one attached hydrogen (secondary N) is 3. The molecule has 0 spiro atoms. The summed E-state index contributed by atoms with van der Waals surface area (Å²) in [5.41, 5.74) is 5.97. The first kappa shape index (κ1) is 26.6. The predicted octanol–water partition coefficient (Wildman–Crippen LogP) is 3.27. The van der Waals surface area contributed by atoms with Crippen molar-refractivity contribution in [3.8, 4) is 21.8 Å². The Morgan fingerprint density at radius 3 is 2.75 bits per heavy atom. The number of carbonyl (C=O) groups excluding carboxylic acids is 3. The molecular weight excluding hydrogens is 530 g/mol. The molecule has 3 aromatic rings. The van der Waals surface area contributed by atoms with Gasteiger partial charge in [-0.05, 0) is 51.6 Å². The van der Waals surface area contributed by atoms with Crippen molar-refractivity contribution in [3.05, 3.63) is 46.3 Å². The molecule has 3 amide bonds. The van der Waals surface area contributed by atoms with Crippen molar-refractivity contribution in [3.63, 3.8) is 0 Å². The van der Waals surface area contributed by atoms with Crippen LogP contribution in [0.2, 0.25) is 0 Å². The molecule has 4 heterocycles. The average Bonchev–Trinajstić information content (AvgIpc) is 3.66. The van der Waals surface area contributed by atoms with Gasteiger partial charge in [0.2, 0.25) is 0 Å². The Kier molecular flexibility index (Phi) is 7.41. The lowest BCUT2D eigenvalue weighted by Crippen LogP contribution is -2.49. The second-order valence-electron chi connectivity index (χ2n) is 10.6. The summed E-state index contributed by atoms with van der Waals surface area (Å²) in [7, 11) is 4.07. The van der Waals surface area contributed by atoms with Gasteiger partial charge in [0.25, 0.3) is 5.91 Å². The number of morpholine rings is 1. The predicted molar refractivity (Wildman–Crippen MR) is 153 cm³/mol. The number of nitrogens with zero attached hydrogens (tertiary/aromatic N) is 4. The Bertz CT molecular complexity index is 1440. The summed E-state index contributed by atoms with van der Waals surface area (Å²) in [5.74, 6) is -0.179. The van der Waals surface area contributed by atoms with Crippen LogP contribution in [0.4, 0.5) is 10.5 Å². The number of hydrogen-bond donors (Lipinski definition) is 3. The molecule has 1 aromatic carbocycles. The number of piperidine rings is 1. The molecule has 3 N–H and O–H groups in total. The van der Waals surface area contributed by atoms with Crippen LogP contribution in [0.3, 0.4) is 0 Å². The third-order valence-corrected chi connectivity index (χ3v) is 8.67. The van der Waals surface area contributed by atoms with Gasteiger partial charge in [0, 0.05) is 37.8 Å². The van der Waals surface area contributed by atoms with Gasteiger partial charge in [-0.15, -0.1) is 11.3 Å². The van der Waals surface area contributed by atoms with E-state index in [1.807, 2.05) is 37.2 Å². The number of aromatic nitrogens is 2. The maximum absolute atomic E-state index is 13.7. The highest BCUT2D eigenvalue weighted by molar-refractivity contribution is 7.17. The number of likely N-dealkylation sites (N-methyl/N-ethyl adjacent to an activating group) is 1. The summed E-state index contributed by atoms with van der Waals surface area (Å²) in [6.07, 6.45) is 3.14. The van der Waals surface area contributed by atoms with Gasteiger partial charge >= 0.3 is 6.03 Å². The number of amides is 3. The summed E-state index contributed by atoms with van der Waals surface area (Å²) in [6, 6.07) is 8.85. The number of aromatic amines is 1. The zero-order valence-corrected chi connectivity index (χ0v) is 23.5. The molecule has 2 saturated heterocycles. The van der Waals surface area contributed by atoms with Crippen molar-refractivity contribution in [1.82, 2.24) is 30.4 Å². The van der Waals surface area contributed by atoms with Gasteiger partial charge in [-0.2, -0.15) is 5.10 Å². The number of urea groups is 1. The van der Waals surface area contributed by atoms with E-state index in [2.05, 4.69) is 25.8 Å². The average molecular weight is 564 g/mol. The fourth-order valence-electron chi connectivity index (χ4n) is 5.74. The summed E-state index contributed by atoms with van der Waals surface area (Å²) in [5, 5.41) is 12.1. The highest BCUT2D eigenvalue weighted by Crippen LogP contribution is 2.44. The van der Waals surface area contributed by atoms with Crippen LogP contribution in [-0.4, -0.2) is 102 Å². The zero-order valence-electron chi connectivity index (χ0n) is 22.7.